The van der Waals surface area contributed by atoms with Crippen LogP contribution in [0.5, 0.6) is 5.75 Å². The smallest absolute Gasteiger partial charge is 0.167 e. The maximum absolute atomic E-state index is 14.6. The minimum absolute atomic E-state index is 0.00113. The largest absolute Gasteiger partial charge is 0.491 e. The predicted molar refractivity (Wildman–Crippen MR) is 91.6 cm³/mol. The van der Waals surface area contributed by atoms with Crippen molar-refractivity contribution in [3.05, 3.63) is 53.3 Å². The summed E-state index contributed by atoms with van der Waals surface area (Å²) in [6.07, 6.45) is 0.729. The van der Waals surface area contributed by atoms with Crippen molar-refractivity contribution in [1.82, 2.24) is 0 Å². The number of hydrogen-bond acceptors (Lipinski definition) is 3. The van der Waals surface area contributed by atoms with E-state index >= 15 is 0 Å². The van der Waals surface area contributed by atoms with Crippen molar-refractivity contribution in [2.45, 2.75) is 32.0 Å². The van der Waals surface area contributed by atoms with Gasteiger partial charge in [-0.25, -0.2) is 13.2 Å². The second-order valence-corrected chi connectivity index (χ2v) is 6.17. The van der Waals surface area contributed by atoms with E-state index in [1.54, 1.807) is 14.0 Å². The van der Waals surface area contributed by atoms with Gasteiger partial charge in [0.25, 0.3) is 0 Å². The first-order valence-electron chi connectivity index (χ1n) is 8.60. The van der Waals surface area contributed by atoms with Crippen LogP contribution >= 0.6 is 0 Å². The first-order chi connectivity index (χ1) is 12.5. The van der Waals surface area contributed by atoms with Gasteiger partial charge in [0.1, 0.15) is 0 Å². The molecule has 1 aliphatic rings. The summed E-state index contributed by atoms with van der Waals surface area (Å²) in [7, 11) is 1.60. The number of methoxy groups -OCH3 is 1. The SMILES string of the molecule is CCOc1ccc(-c2ccc(C3CCC(OC)CO3)c(F)c2F)cc1F. The lowest BCUT2D eigenvalue weighted by Gasteiger charge is -2.28. The molecule has 1 heterocycles. The Morgan fingerprint density at radius 1 is 1.08 bits per heavy atom. The molecule has 2 atom stereocenters. The lowest BCUT2D eigenvalue weighted by Crippen LogP contribution is -2.27. The lowest BCUT2D eigenvalue weighted by molar-refractivity contribution is -0.0736. The molecule has 0 aromatic heterocycles. The Bertz CT molecular complexity index is 771. The highest BCUT2D eigenvalue weighted by Gasteiger charge is 2.27. The minimum Gasteiger partial charge on any atom is -0.491 e. The van der Waals surface area contributed by atoms with Gasteiger partial charge in [-0.1, -0.05) is 18.2 Å². The first-order valence-corrected chi connectivity index (χ1v) is 8.60. The van der Waals surface area contributed by atoms with Gasteiger partial charge in [-0.3, -0.25) is 0 Å². The summed E-state index contributed by atoms with van der Waals surface area (Å²) in [5.41, 5.74) is 0.420. The highest BCUT2D eigenvalue weighted by atomic mass is 19.2. The summed E-state index contributed by atoms with van der Waals surface area (Å²) in [5, 5.41) is 0. The van der Waals surface area contributed by atoms with Crippen molar-refractivity contribution >= 4 is 0 Å². The average molecular weight is 366 g/mol. The third-order valence-corrected chi connectivity index (χ3v) is 4.57. The molecule has 0 amide bonds. The van der Waals surface area contributed by atoms with E-state index in [0.717, 1.165) is 6.07 Å². The van der Waals surface area contributed by atoms with E-state index in [-0.39, 0.29) is 28.5 Å². The van der Waals surface area contributed by atoms with Gasteiger partial charge in [0.2, 0.25) is 0 Å². The zero-order valence-electron chi connectivity index (χ0n) is 14.7. The predicted octanol–water partition coefficient (Wildman–Crippen LogP) is 5.04. The van der Waals surface area contributed by atoms with Crippen LogP contribution in [0.25, 0.3) is 11.1 Å². The second-order valence-electron chi connectivity index (χ2n) is 6.17. The lowest BCUT2D eigenvalue weighted by atomic mass is 9.96. The molecule has 0 spiro atoms. The van der Waals surface area contributed by atoms with Crippen LogP contribution in [0.3, 0.4) is 0 Å². The van der Waals surface area contributed by atoms with E-state index in [1.807, 2.05) is 0 Å². The zero-order chi connectivity index (χ0) is 18.7. The summed E-state index contributed by atoms with van der Waals surface area (Å²) in [6, 6.07) is 7.01. The molecule has 0 aliphatic carbocycles. The van der Waals surface area contributed by atoms with Crippen LogP contribution in [0.2, 0.25) is 0 Å². The van der Waals surface area contributed by atoms with Gasteiger partial charge in [-0.05, 0) is 37.5 Å². The topological polar surface area (TPSA) is 27.7 Å². The Balaban J connectivity index is 1.87. The fourth-order valence-electron chi connectivity index (χ4n) is 3.14. The summed E-state index contributed by atoms with van der Waals surface area (Å²) < 4.78 is 59.2. The molecular formula is C20H21F3O3. The Morgan fingerprint density at radius 3 is 2.50 bits per heavy atom. The van der Waals surface area contributed by atoms with Crippen LogP contribution in [0, 0.1) is 17.5 Å². The Hall–Kier alpha value is -2.05. The molecule has 1 saturated heterocycles. The number of halogens is 3. The van der Waals surface area contributed by atoms with Crippen molar-refractivity contribution in [3.8, 4) is 16.9 Å². The Kier molecular flexibility index (Phi) is 5.84. The average Bonchev–Trinajstić information content (AvgIpc) is 2.66. The number of ether oxygens (including phenoxy) is 3. The van der Waals surface area contributed by atoms with Crippen molar-refractivity contribution in [2.75, 3.05) is 20.3 Å². The highest BCUT2D eigenvalue weighted by Crippen LogP contribution is 2.35. The Labute approximate surface area is 150 Å². The van der Waals surface area contributed by atoms with Crippen LogP contribution in [0.15, 0.2) is 30.3 Å². The zero-order valence-corrected chi connectivity index (χ0v) is 14.7. The number of benzene rings is 2. The van der Waals surface area contributed by atoms with Crippen LogP contribution in [0.1, 0.15) is 31.4 Å². The van der Waals surface area contributed by atoms with Crippen LogP contribution in [-0.2, 0) is 9.47 Å². The van der Waals surface area contributed by atoms with Gasteiger partial charge in [0, 0.05) is 18.2 Å². The van der Waals surface area contributed by atoms with E-state index in [9.17, 15) is 13.2 Å². The molecule has 2 aromatic carbocycles. The molecule has 0 radical (unpaired) electrons. The van der Waals surface area contributed by atoms with E-state index in [4.69, 9.17) is 14.2 Å². The van der Waals surface area contributed by atoms with Crippen molar-refractivity contribution in [1.29, 1.82) is 0 Å². The molecule has 3 rings (SSSR count). The molecule has 0 N–H and O–H groups in total. The van der Waals surface area contributed by atoms with Gasteiger partial charge >= 0.3 is 0 Å². The van der Waals surface area contributed by atoms with Gasteiger partial charge in [0.15, 0.2) is 23.2 Å². The molecule has 2 unspecified atom stereocenters. The van der Waals surface area contributed by atoms with E-state index in [1.165, 1.54) is 24.3 Å². The molecular weight excluding hydrogens is 345 g/mol. The molecule has 6 heteroatoms. The molecule has 140 valence electrons. The molecule has 2 aromatic rings. The molecule has 1 aliphatic heterocycles. The quantitative estimate of drug-likeness (QED) is 0.742. The molecule has 0 bridgehead atoms. The van der Waals surface area contributed by atoms with Crippen molar-refractivity contribution in [2.24, 2.45) is 0 Å². The normalized spacial score (nSPS) is 20.2. The first kappa shape index (κ1) is 18.7. The Morgan fingerprint density at radius 2 is 1.88 bits per heavy atom. The van der Waals surface area contributed by atoms with Crippen molar-refractivity contribution in [3.63, 3.8) is 0 Å². The van der Waals surface area contributed by atoms with Gasteiger partial charge in [-0.15, -0.1) is 0 Å². The van der Waals surface area contributed by atoms with Gasteiger partial charge in [-0.2, -0.15) is 0 Å². The molecule has 26 heavy (non-hydrogen) atoms. The maximum atomic E-state index is 14.6. The standard InChI is InChI=1S/C20H21F3O3/c1-3-25-18-8-4-12(10-16(18)21)14-6-7-15(20(23)19(14)22)17-9-5-13(24-2)11-26-17/h4,6-8,10,13,17H,3,5,9,11H2,1-2H3. The van der Waals surface area contributed by atoms with Crippen LogP contribution < -0.4 is 4.74 Å². The fraction of sp³-hybridized carbons (Fsp3) is 0.400. The third-order valence-electron chi connectivity index (χ3n) is 4.57. The summed E-state index contributed by atoms with van der Waals surface area (Å²) in [5.74, 6) is -2.51. The van der Waals surface area contributed by atoms with Crippen molar-refractivity contribution < 1.29 is 27.4 Å². The fourth-order valence-corrected chi connectivity index (χ4v) is 3.14. The van der Waals surface area contributed by atoms with Gasteiger partial charge in [0.05, 0.1) is 25.4 Å². The highest BCUT2D eigenvalue weighted by molar-refractivity contribution is 5.66. The van der Waals surface area contributed by atoms with Crippen LogP contribution in [0.4, 0.5) is 13.2 Å². The van der Waals surface area contributed by atoms with E-state index in [0.29, 0.717) is 26.1 Å². The third kappa shape index (κ3) is 3.71. The van der Waals surface area contributed by atoms with E-state index < -0.39 is 23.6 Å². The monoisotopic (exact) mass is 366 g/mol. The summed E-state index contributed by atoms with van der Waals surface area (Å²) in [4.78, 5) is 0. The molecule has 1 fully saturated rings. The van der Waals surface area contributed by atoms with Crippen LogP contribution in [-0.4, -0.2) is 26.4 Å². The second kappa shape index (κ2) is 8.10. The van der Waals surface area contributed by atoms with Gasteiger partial charge < -0.3 is 14.2 Å². The summed E-state index contributed by atoms with van der Waals surface area (Å²) >= 11 is 0. The summed E-state index contributed by atoms with van der Waals surface area (Å²) in [6.45, 7) is 2.40. The van der Waals surface area contributed by atoms with E-state index in [2.05, 4.69) is 0 Å². The number of hydrogen-bond donors (Lipinski definition) is 0. The minimum atomic E-state index is -1.01. The maximum Gasteiger partial charge on any atom is 0.167 e. The molecule has 3 nitrogen and oxygen atoms in total. The number of rotatable bonds is 5. The molecule has 0 saturated carbocycles.